The summed E-state index contributed by atoms with van der Waals surface area (Å²) < 4.78 is 23.3. The lowest BCUT2D eigenvalue weighted by Gasteiger charge is -2.06. The van der Waals surface area contributed by atoms with Crippen LogP contribution in [0.4, 0.5) is 0 Å². The van der Waals surface area contributed by atoms with Crippen molar-refractivity contribution in [2.24, 2.45) is 0 Å². The van der Waals surface area contributed by atoms with Gasteiger partial charge in [0.05, 0.1) is 10.8 Å². The van der Waals surface area contributed by atoms with E-state index in [-0.39, 0.29) is 24.0 Å². The van der Waals surface area contributed by atoms with E-state index in [0.29, 0.717) is 10.6 Å². The van der Waals surface area contributed by atoms with Gasteiger partial charge in [-0.15, -0.1) is 0 Å². The first kappa shape index (κ1) is 15.7. The molecule has 0 saturated carbocycles. The first-order valence-electron chi connectivity index (χ1n) is 5.29. The number of carbonyl (C=O) groups is 1. The van der Waals surface area contributed by atoms with E-state index in [1.807, 2.05) is 0 Å². The molecular formula is C11H13ClINO3S. The Bertz CT molecular complexity index is 545. The summed E-state index contributed by atoms with van der Waals surface area (Å²) in [5.74, 6) is -0.287. The van der Waals surface area contributed by atoms with E-state index in [1.165, 1.54) is 0 Å². The lowest BCUT2D eigenvalue weighted by molar-refractivity contribution is 0.0956. The van der Waals surface area contributed by atoms with Gasteiger partial charge in [0.1, 0.15) is 0 Å². The average molecular weight is 402 g/mol. The normalized spacial score (nSPS) is 11.3. The van der Waals surface area contributed by atoms with Gasteiger partial charge >= 0.3 is 0 Å². The van der Waals surface area contributed by atoms with Crippen LogP contribution in [-0.2, 0) is 9.84 Å². The van der Waals surface area contributed by atoms with Crippen molar-refractivity contribution in [1.29, 1.82) is 0 Å². The minimum Gasteiger partial charge on any atom is -0.351 e. The second-order valence-electron chi connectivity index (χ2n) is 3.62. The third-order valence-corrected chi connectivity index (χ3v) is 5.60. The van der Waals surface area contributed by atoms with Gasteiger partial charge < -0.3 is 5.32 Å². The quantitative estimate of drug-likeness (QED) is 0.769. The van der Waals surface area contributed by atoms with Crippen LogP contribution in [0.1, 0.15) is 17.3 Å². The van der Waals surface area contributed by atoms with Crippen molar-refractivity contribution in [2.75, 3.05) is 18.1 Å². The van der Waals surface area contributed by atoms with Crippen LogP contribution in [0, 0.1) is 3.57 Å². The number of halogens is 2. The summed E-state index contributed by atoms with van der Waals surface area (Å²) in [5, 5.41) is 3.06. The number of rotatable bonds is 5. The standard InChI is InChI=1S/C11H13ClINO3S/c1-2-18(16,17)6-5-14-11(15)8-3-4-10(13)9(12)7-8/h3-4,7H,2,5-6H2,1H3,(H,14,15). The summed E-state index contributed by atoms with van der Waals surface area (Å²) in [6.45, 7) is 1.69. The molecule has 1 aromatic rings. The van der Waals surface area contributed by atoms with Crippen molar-refractivity contribution >= 4 is 49.9 Å². The zero-order chi connectivity index (χ0) is 13.8. The molecule has 0 aliphatic carbocycles. The van der Waals surface area contributed by atoms with Crippen LogP contribution in [0.15, 0.2) is 18.2 Å². The Hall–Kier alpha value is -0.340. The number of hydrogen-bond acceptors (Lipinski definition) is 3. The summed E-state index contributed by atoms with van der Waals surface area (Å²) in [5.41, 5.74) is 0.425. The predicted molar refractivity (Wildman–Crippen MR) is 80.8 cm³/mol. The Balaban J connectivity index is 2.58. The molecular weight excluding hydrogens is 389 g/mol. The average Bonchev–Trinajstić information content (AvgIpc) is 2.32. The Morgan fingerprint density at radius 1 is 1.44 bits per heavy atom. The minimum absolute atomic E-state index is 0.0483. The fourth-order valence-corrected chi connectivity index (χ4v) is 2.42. The van der Waals surface area contributed by atoms with Gasteiger partial charge in [-0.25, -0.2) is 8.42 Å². The third-order valence-electron chi connectivity index (χ3n) is 2.32. The lowest BCUT2D eigenvalue weighted by Crippen LogP contribution is -2.29. The second kappa shape index (κ2) is 6.72. The van der Waals surface area contributed by atoms with Crippen LogP contribution in [0.3, 0.4) is 0 Å². The number of benzene rings is 1. The molecule has 0 aliphatic heterocycles. The van der Waals surface area contributed by atoms with Gasteiger partial charge in [0.15, 0.2) is 9.84 Å². The first-order valence-corrected chi connectivity index (χ1v) is 8.57. The molecule has 0 atom stereocenters. The predicted octanol–water partition coefficient (Wildman–Crippen LogP) is 2.11. The van der Waals surface area contributed by atoms with E-state index >= 15 is 0 Å². The van der Waals surface area contributed by atoms with Gasteiger partial charge in [-0.1, -0.05) is 18.5 Å². The van der Waals surface area contributed by atoms with Crippen LogP contribution < -0.4 is 5.32 Å². The molecule has 1 aromatic carbocycles. The third kappa shape index (κ3) is 4.74. The number of nitrogens with one attached hydrogen (secondary N) is 1. The Morgan fingerprint density at radius 2 is 2.11 bits per heavy atom. The molecule has 0 saturated heterocycles. The van der Waals surface area contributed by atoms with E-state index in [1.54, 1.807) is 25.1 Å². The van der Waals surface area contributed by atoms with Gasteiger partial charge in [-0.05, 0) is 40.8 Å². The lowest BCUT2D eigenvalue weighted by atomic mass is 10.2. The maximum atomic E-state index is 11.7. The fourth-order valence-electron chi connectivity index (χ4n) is 1.20. The molecule has 0 unspecified atom stereocenters. The summed E-state index contributed by atoms with van der Waals surface area (Å²) in [4.78, 5) is 11.7. The Kier molecular flexibility index (Phi) is 5.87. The van der Waals surface area contributed by atoms with Crippen LogP contribution in [0.2, 0.25) is 5.02 Å². The van der Waals surface area contributed by atoms with Crippen molar-refractivity contribution in [3.8, 4) is 0 Å². The molecule has 1 N–H and O–H groups in total. The molecule has 0 aliphatic rings. The number of carbonyl (C=O) groups excluding carboxylic acids is 1. The topological polar surface area (TPSA) is 63.2 Å². The molecule has 18 heavy (non-hydrogen) atoms. The minimum atomic E-state index is -3.05. The first-order chi connectivity index (χ1) is 8.35. The maximum Gasteiger partial charge on any atom is 0.251 e. The summed E-state index contributed by atoms with van der Waals surface area (Å²) >= 11 is 7.97. The van der Waals surface area contributed by atoms with Crippen LogP contribution in [0.5, 0.6) is 0 Å². The van der Waals surface area contributed by atoms with Crippen LogP contribution in [0.25, 0.3) is 0 Å². The number of amides is 1. The van der Waals surface area contributed by atoms with E-state index in [9.17, 15) is 13.2 Å². The SMILES string of the molecule is CCS(=O)(=O)CCNC(=O)c1ccc(I)c(Cl)c1. The maximum absolute atomic E-state index is 11.7. The highest BCUT2D eigenvalue weighted by Gasteiger charge is 2.10. The molecule has 1 amide bonds. The molecule has 0 bridgehead atoms. The van der Waals surface area contributed by atoms with Crippen molar-refractivity contribution in [2.45, 2.75) is 6.92 Å². The zero-order valence-corrected chi connectivity index (χ0v) is 13.5. The van der Waals surface area contributed by atoms with Crippen molar-refractivity contribution < 1.29 is 13.2 Å². The molecule has 1 rings (SSSR count). The monoisotopic (exact) mass is 401 g/mol. The molecule has 7 heteroatoms. The number of sulfone groups is 1. The second-order valence-corrected chi connectivity index (χ2v) is 7.66. The summed E-state index contributed by atoms with van der Waals surface area (Å²) in [6, 6.07) is 4.95. The fraction of sp³-hybridized carbons (Fsp3) is 0.364. The Morgan fingerprint density at radius 3 is 2.67 bits per heavy atom. The van der Waals surface area contributed by atoms with Gasteiger partial charge in [0.25, 0.3) is 5.91 Å². The van der Waals surface area contributed by atoms with Crippen LogP contribution in [-0.4, -0.2) is 32.4 Å². The van der Waals surface area contributed by atoms with Gasteiger partial charge in [0.2, 0.25) is 0 Å². The van der Waals surface area contributed by atoms with E-state index in [4.69, 9.17) is 11.6 Å². The summed E-state index contributed by atoms with van der Waals surface area (Å²) in [7, 11) is -3.05. The Labute approximate surface area is 125 Å². The smallest absolute Gasteiger partial charge is 0.251 e. The van der Waals surface area contributed by atoms with Crippen molar-refractivity contribution in [1.82, 2.24) is 5.32 Å². The molecule has 4 nitrogen and oxygen atoms in total. The largest absolute Gasteiger partial charge is 0.351 e. The van der Waals surface area contributed by atoms with Gasteiger partial charge in [0, 0.05) is 21.4 Å². The highest BCUT2D eigenvalue weighted by atomic mass is 127. The zero-order valence-electron chi connectivity index (χ0n) is 9.74. The highest BCUT2D eigenvalue weighted by Crippen LogP contribution is 2.19. The van der Waals surface area contributed by atoms with E-state index in [0.717, 1.165) is 3.57 Å². The molecule has 0 heterocycles. The van der Waals surface area contributed by atoms with E-state index in [2.05, 4.69) is 27.9 Å². The number of hydrogen-bond donors (Lipinski definition) is 1. The molecule has 0 spiro atoms. The summed E-state index contributed by atoms with van der Waals surface area (Å²) in [6.07, 6.45) is 0. The molecule has 0 fully saturated rings. The molecule has 0 aromatic heterocycles. The molecule has 0 radical (unpaired) electrons. The van der Waals surface area contributed by atoms with Crippen LogP contribution >= 0.6 is 34.2 Å². The molecule has 100 valence electrons. The van der Waals surface area contributed by atoms with Crippen molar-refractivity contribution in [3.05, 3.63) is 32.4 Å². The van der Waals surface area contributed by atoms with Gasteiger partial charge in [-0.2, -0.15) is 0 Å². The highest BCUT2D eigenvalue weighted by molar-refractivity contribution is 14.1. The van der Waals surface area contributed by atoms with Crippen molar-refractivity contribution in [3.63, 3.8) is 0 Å². The van der Waals surface area contributed by atoms with E-state index < -0.39 is 9.84 Å². The van der Waals surface area contributed by atoms with Gasteiger partial charge in [-0.3, -0.25) is 4.79 Å².